The monoisotopic (exact) mass is 231 g/mol. The van der Waals surface area contributed by atoms with E-state index in [4.69, 9.17) is 11.5 Å². The molecule has 0 spiro atoms. The van der Waals surface area contributed by atoms with Crippen molar-refractivity contribution in [2.45, 2.75) is 25.3 Å². The fourth-order valence-electron chi connectivity index (χ4n) is 3.14. The fraction of sp³-hybridized carbons (Fsp3) is 0.462. The van der Waals surface area contributed by atoms with Gasteiger partial charge in [-0.2, -0.15) is 0 Å². The lowest BCUT2D eigenvalue weighted by Crippen LogP contribution is -2.37. The van der Waals surface area contributed by atoms with Crippen LogP contribution in [0.15, 0.2) is 18.2 Å². The van der Waals surface area contributed by atoms with E-state index in [0.29, 0.717) is 28.9 Å². The summed E-state index contributed by atoms with van der Waals surface area (Å²) < 4.78 is 0. The number of nitrogen functional groups attached to an aromatic ring is 2. The number of piperidine rings is 1. The summed E-state index contributed by atoms with van der Waals surface area (Å²) in [5, 5.41) is 0. The first-order valence-electron chi connectivity index (χ1n) is 6.10. The first-order valence-corrected chi connectivity index (χ1v) is 6.10. The first kappa shape index (κ1) is 10.4. The van der Waals surface area contributed by atoms with Crippen LogP contribution in [0.25, 0.3) is 0 Å². The molecular weight excluding hydrogens is 214 g/mol. The Morgan fingerprint density at radius 3 is 2.41 bits per heavy atom. The maximum Gasteiger partial charge on any atom is 0.254 e. The number of fused-ring (bicyclic) bond motifs is 2. The van der Waals surface area contributed by atoms with Crippen LogP contribution in [0.5, 0.6) is 0 Å². The van der Waals surface area contributed by atoms with E-state index in [2.05, 4.69) is 0 Å². The molecule has 1 saturated carbocycles. The Balaban J connectivity index is 1.86. The van der Waals surface area contributed by atoms with Crippen molar-refractivity contribution < 1.29 is 4.79 Å². The van der Waals surface area contributed by atoms with Gasteiger partial charge in [0, 0.05) is 29.5 Å². The molecule has 0 aromatic heterocycles. The Bertz CT molecular complexity index is 451. The Morgan fingerprint density at radius 1 is 1.18 bits per heavy atom. The third-order valence-corrected chi connectivity index (χ3v) is 3.89. The second kappa shape index (κ2) is 3.65. The van der Waals surface area contributed by atoms with Gasteiger partial charge in [-0.1, -0.05) is 0 Å². The molecule has 2 aliphatic rings. The number of carbonyl (C=O) groups excluding carboxylic acids is 1. The Hall–Kier alpha value is -1.71. The number of amides is 1. The van der Waals surface area contributed by atoms with Crippen LogP contribution < -0.4 is 11.5 Å². The molecule has 1 saturated heterocycles. The summed E-state index contributed by atoms with van der Waals surface area (Å²) in [6.07, 6.45) is 3.59. The minimum absolute atomic E-state index is 0.0798. The van der Waals surface area contributed by atoms with Gasteiger partial charge in [0.25, 0.3) is 5.91 Å². The van der Waals surface area contributed by atoms with Crippen LogP contribution in [-0.4, -0.2) is 23.4 Å². The minimum atomic E-state index is 0.0798. The highest BCUT2D eigenvalue weighted by Gasteiger charge is 2.40. The number of hydrogen-bond acceptors (Lipinski definition) is 3. The van der Waals surface area contributed by atoms with E-state index >= 15 is 0 Å². The van der Waals surface area contributed by atoms with E-state index in [1.54, 1.807) is 18.2 Å². The van der Waals surface area contributed by atoms with E-state index in [0.717, 1.165) is 13.0 Å². The number of nitrogens with two attached hydrogens (primary N) is 2. The summed E-state index contributed by atoms with van der Waals surface area (Å²) in [7, 11) is 0. The molecule has 2 unspecified atom stereocenters. The molecule has 1 amide bonds. The number of nitrogens with zero attached hydrogens (tertiary/aromatic N) is 1. The highest BCUT2D eigenvalue weighted by molar-refractivity contribution is 5.96. The van der Waals surface area contributed by atoms with E-state index < -0.39 is 0 Å². The van der Waals surface area contributed by atoms with Crippen molar-refractivity contribution in [3.63, 3.8) is 0 Å². The zero-order chi connectivity index (χ0) is 12.0. The standard InChI is InChI=1S/C13H17N3O/c14-10-4-9(5-11(15)6-10)13(17)16-7-8-1-2-12(16)3-8/h4-6,8,12H,1-3,7,14-15H2. The van der Waals surface area contributed by atoms with Crippen molar-refractivity contribution in [3.05, 3.63) is 23.8 Å². The van der Waals surface area contributed by atoms with Gasteiger partial charge < -0.3 is 16.4 Å². The number of carbonyl (C=O) groups is 1. The van der Waals surface area contributed by atoms with Crippen molar-refractivity contribution in [2.24, 2.45) is 5.92 Å². The zero-order valence-corrected chi connectivity index (χ0v) is 9.73. The number of anilines is 2. The molecule has 1 aromatic carbocycles. The van der Waals surface area contributed by atoms with E-state index in [1.807, 2.05) is 4.90 Å². The molecule has 1 aromatic rings. The lowest BCUT2D eigenvalue weighted by Gasteiger charge is -2.27. The number of benzene rings is 1. The van der Waals surface area contributed by atoms with Gasteiger partial charge in [0.15, 0.2) is 0 Å². The fourth-order valence-corrected chi connectivity index (χ4v) is 3.14. The van der Waals surface area contributed by atoms with Crippen molar-refractivity contribution in [1.29, 1.82) is 0 Å². The molecule has 0 radical (unpaired) electrons. The van der Waals surface area contributed by atoms with Gasteiger partial charge in [-0.15, -0.1) is 0 Å². The summed E-state index contributed by atoms with van der Waals surface area (Å²) in [5.41, 5.74) is 13.2. The van der Waals surface area contributed by atoms with Crippen molar-refractivity contribution in [1.82, 2.24) is 4.90 Å². The predicted molar refractivity (Wildman–Crippen MR) is 67.4 cm³/mol. The summed E-state index contributed by atoms with van der Waals surface area (Å²) in [5.74, 6) is 0.790. The van der Waals surface area contributed by atoms with Crippen LogP contribution in [-0.2, 0) is 0 Å². The molecule has 4 heteroatoms. The lowest BCUT2D eigenvalue weighted by molar-refractivity contribution is 0.0703. The predicted octanol–water partition coefficient (Wildman–Crippen LogP) is 1.48. The van der Waals surface area contributed by atoms with Crippen LogP contribution in [0.4, 0.5) is 11.4 Å². The quantitative estimate of drug-likeness (QED) is 0.719. The average Bonchev–Trinajstić information content (AvgIpc) is 2.88. The molecule has 3 rings (SSSR count). The van der Waals surface area contributed by atoms with Gasteiger partial charge in [-0.3, -0.25) is 4.79 Å². The maximum absolute atomic E-state index is 12.4. The molecule has 2 bridgehead atoms. The number of hydrogen-bond donors (Lipinski definition) is 2. The van der Waals surface area contributed by atoms with Gasteiger partial charge in [-0.25, -0.2) is 0 Å². The Labute approximate surface area is 101 Å². The smallest absolute Gasteiger partial charge is 0.254 e. The maximum atomic E-state index is 12.4. The van der Waals surface area contributed by atoms with Crippen molar-refractivity contribution in [2.75, 3.05) is 18.0 Å². The van der Waals surface area contributed by atoms with Crippen LogP contribution in [0, 0.1) is 5.92 Å². The molecule has 4 nitrogen and oxygen atoms in total. The highest BCUT2D eigenvalue weighted by Crippen LogP contribution is 2.38. The SMILES string of the molecule is Nc1cc(N)cc(C(=O)N2CC3CCC2C3)c1. The molecular formula is C13H17N3O. The van der Waals surface area contributed by atoms with Gasteiger partial charge in [0.05, 0.1) is 0 Å². The Kier molecular flexibility index (Phi) is 2.24. The minimum Gasteiger partial charge on any atom is -0.399 e. The number of likely N-dealkylation sites (tertiary alicyclic amines) is 1. The van der Waals surface area contributed by atoms with Gasteiger partial charge >= 0.3 is 0 Å². The van der Waals surface area contributed by atoms with Crippen molar-refractivity contribution >= 4 is 17.3 Å². The summed E-state index contributed by atoms with van der Waals surface area (Å²) in [6, 6.07) is 5.54. The van der Waals surface area contributed by atoms with Gasteiger partial charge in [0.2, 0.25) is 0 Å². The van der Waals surface area contributed by atoms with Gasteiger partial charge in [-0.05, 0) is 43.4 Å². The first-order chi connectivity index (χ1) is 8.13. The second-order valence-corrected chi connectivity index (χ2v) is 5.18. The van der Waals surface area contributed by atoms with Gasteiger partial charge in [0.1, 0.15) is 0 Å². The van der Waals surface area contributed by atoms with Crippen LogP contribution in [0.1, 0.15) is 29.6 Å². The molecule has 1 aliphatic heterocycles. The third kappa shape index (κ3) is 1.73. The summed E-state index contributed by atoms with van der Waals surface area (Å²) in [6.45, 7) is 0.901. The zero-order valence-electron chi connectivity index (χ0n) is 9.73. The highest BCUT2D eigenvalue weighted by atomic mass is 16.2. The lowest BCUT2D eigenvalue weighted by atomic mass is 10.1. The molecule has 4 N–H and O–H groups in total. The summed E-state index contributed by atoms with van der Waals surface area (Å²) in [4.78, 5) is 14.3. The van der Waals surface area contributed by atoms with E-state index in [-0.39, 0.29) is 5.91 Å². The van der Waals surface area contributed by atoms with Crippen LogP contribution in [0.2, 0.25) is 0 Å². The topological polar surface area (TPSA) is 72.3 Å². The summed E-state index contributed by atoms with van der Waals surface area (Å²) >= 11 is 0. The number of rotatable bonds is 1. The molecule has 2 atom stereocenters. The van der Waals surface area contributed by atoms with Crippen LogP contribution in [0.3, 0.4) is 0 Å². The largest absolute Gasteiger partial charge is 0.399 e. The molecule has 90 valence electrons. The Morgan fingerprint density at radius 2 is 1.88 bits per heavy atom. The molecule has 1 heterocycles. The molecule has 2 fully saturated rings. The third-order valence-electron chi connectivity index (χ3n) is 3.89. The van der Waals surface area contributed by atoms with Crippen molar-refractivity contribution in [3.8, 4) is 0 Å². The molecule has 1 aliphatic carbocycles. The van der Waals surface area contributed by atoms with E-state index in [1.165, 1.54) is 12.8 Å². The molecule has 17 heavy (non-hydrogen) atoms. The normalized spacial score (nSPS) is 26.5. The van der Waals surface area contributed by atoms with E-state index in [9.17, 15) is 4.79 Å². The second-order valence-electron chi connectivity index (χ2n) is 5.18. The van der Waals surface area contributed by atoms with Crippen LogP contribution >= 0.6 is 0 Å². The average molecular weight is 231 g/mol.